The monoisotopic (exact) mass is 760 g/mol. The number of nitrogens with zero attached hydrogens (tertiary/aromatic N) is 3. The van der Waals surface area contributed by atoms with E-state index in [1.165, 1.54) is 37.1 Å². The Morgan fingerprint density at radius 1 is 0.887 bits per heavy atom. The quantitative estimate of drug-likeness (QED) is 0.0892. The Labute approximate surface area is 308 Å². The van der Waals surface area contributed by atoms with Gasteiger partial charge in [0.05, 0.1) is 5.54 Å². The molecule has 3 amide bonds. The van der Waals surface area contributed by atoms with Crippen LogP contribution in [0.4, 0.5) is 30.8 Å². The first kappa shape index (κ1) is 39.0. The van der Waals surface area contributed by atoms with Gasteiger partial charge in [-0.05, 0) is 80.0 Å². The highest BCUT2D eigenvalue weighted by Crippen LogP contribution is 2.48. The molecule has 53 heavy (non-hydrogen) atoms. The highest BCUT2D eigenvalue weighted by Gasteiger charge is 2.45. The molecular weight excluding hydrogens is 721 g/mol. The van der Waals surface area contributed by atoms with E-state index in [2.05, 4.69) is 41.5 Å². The lowest BCUT2D eigenvalue weighted by molar-refractivity contribution is -0.154. The van der Waals surface area contributed by atoms with Crippen molar-refractivity contribution in [3.63, 3.8) is 0 Å². The number of carboxylic acid groups (broad SMARTS) is 1. The number of aliphatic carboxylic acids is 1. The van der Waals surface area contributed by atoms with Crippen LogP contribution in [0.5, 0.6) is 6.01 Å². The zero-order chi connectivity index (χ0) is 38.0. The molecule has 6 N–H and O–H groups in total. The molecule has 2 aromatic carbocycles. The molecule has 2 aliphatic rings. The van der Waals surface area contributed by atoms with Gasteiger partial charge in [0.25, 0.3) is 5.91 Å². The van der Waals surface area contributed by atoms with Crippen molar-refractivity contribution in [1.29, 1.82) is 0 Å². The molecule has 14 nitrogen and oxygen atoms in total. The molecule has 18 heteroatoms. The van der Waals surface area contributed by atoms with E-state index in [0.29, 0.717) is 36.0 Å². The van der Waals surface area contributed by atoms with E-state index in [4.69, 9.17) is 16.3 Å². The summed E-state index contributed by atoms with van der Waals surface area (Å²) in [6.45, 7) is -1.39. The van der Waals surface area contributed by atoms with Crippen LogP contribution >= 0.6 is 11.6 Å². The summed E-state index contributed by atoms with van der Waals surface area (Å²) in [6, 6.07) is 10.9. The number of carboxylic acids is 1. The molecule has 0 radical (unpaired) electrons. The number of ether oxygens (including phenoxy) is 1. The number of hydrogen-bond donors (Lipinski definition) is 6. The maximum absolute atomic E-state index is 12.9. The predicted octanol–water partition coefficient (Wildman–Crippen LogP) is 5.09. The van der Waals surface area contributed by atoms with Crippen LogP contribution in [0.15, 0.2) is 48.5 Å². The average molecular weight is 761 g/mol. The summed E-state index contributed by atoms with van der Waals surface area (Å²) < 4.78 is 43.6. The second-order valence-corrected chi connectivity index (χ2v) is 13.5. The first-order valence-electron chi connectivity index (χ1n) is 17.3. The minimum absolute atomic E-state index is 0.0329. The van der Waals surface area contributed by atoms with E-state index in [0.717, 1.165) is 31.2 Å². The number of carbonyl (C=O) groups excluding carboxylic acids is 3. The van der Waals surface area contributed by atoms with Crippen molar-refractivity contribution < 1.29 is 42.2 Å². The lowest BCUT2D eigenvalue weighted by Gasteiger charge is -2.19. The summed E-state index contributed by atoms with van der Waals surface area (Å²) >= 11 is 6.02. The summed E-state index contributed by atoms with van der Waals surface area (Å²) in [7, 11) is 0. The average Bonchev–Trinajstić information content (AvgIpc) is 3.94. The largest absolute Gasteiger partial charge is 0.480 e. The second-order valence-electron chi connectivity index (χ2n) is 13.1. The van der Waals surface area contributed by atoms with Crippen LogP contribution in [0, 0.1) is 5.92 Å². The van der Waals surface area contributed by atoms with Gasteiger partial charge < -0.3 is 36.4 Å². The van der Waals surface area contributed by atoms with Gasteiger partial charge >= 0.3 is 30.0 Å². The van der Waals surface area contributed by atoms with Crippen molar-refractivity contribution in [3.8, 4) is 6.01 Å². The molecule has 0 unspecified atom stereocenters. The van der Waals surface area contributed by atoms with Crippen molar-refractivity contribution in [2.24, 2.45) is 5.92 Å². The number of nitrogens with one attached hydrogen (secondary N) is 5. The van der Waals surface area contributed by atoms with E-state index >= 15 is 0 Å². The molecule has 0 aliphatic heterocycles. The number of aromatic nitrogens is 3. The van der Waals surface area contributed by atoms with E-state index < -0.39 is 54.1 Å². The van der Waals surface area contributed by atoms with Gasteiger partial charge in [0.1, 0.15) is 6.04 Å². The zero-order valence-electron chi connectivity index (χ0n) is 28.6. The van der Waals surface area contributed by atoms with Gasteiger partial charge in [-0.3, -0.25) is 14.4 Å². The molecule has 0 saturated heterocycles. The highest BCUT2D eigenvalue weighted by molar-refractivity contribution is 6.35. The number of benzene rings is 2. The zero-order valence-corrected chi connectivity index (χ0v) is 29.4. The molecule has 2 fully saturated rings. The fourth-order valence-corrected chi connectivity index (χ4v) is 6.03. The molecular formula is C35H40ClF3N8O6. The van der Waals surface area contributed by atoms with Crippen molar-refractivity contribution in [3.05, 3.63) is 64.7 Å². The number of rotatable bonds is 15. The predicted molar refractivity (Wildman–Crippen MR) is 188 cm³/mol. The minimum atomic E-state index is -4.64. The van der Waals surface area contributed by atoms with Crippen LogP contribution in [0.1, 0.15) is 73.7 Å². The summed E-state index contributed by atoms with van der Waals surface area (Å²) in [4.78, 5) is 61.5. The van der Waals surface area contributed by atoms with Gasteiger partial charge in [0, 0.05) is 29.4 Å². The van der Waals surface area contributed by atoms with Gasteiger partial charge in [-0.15, -0.1) is 0 Å². The maximum atomic E-state index is 12.9. The highest BCUT2D eigenvalue weighted by atomic mass is 35.5. The number of anilines is 3. The normalized spacial score (nSPS) is 16.0. The first-order valence-corrected chi connectivity index (χ1v) is 17.6. The molecule has 1 atom stereocenters. The van der Waals surface area contributed by atoms with Gasteiger partial charge in [0.2, 0.25) is 11.9 Å². The van der Waals surface area contributed by atoms with Crippen LogP contribution in [0.2, 0.25) is 5.02 Å². The fraction of sp³-hybridized carbons (Fsp3) is 0.457. The second kappa shape index (κ2) is 17.6. The molecule has 5 rings (SSSR count). The molecule has 2 saturated carbocycles. The van der Waals surface area contributed by atoms with Gasteiger partial charge in [0.15, 0.2) is 6.61 Å². The maximum Gasteiger partial charge on any atom is 0.422 e. The Kier molecular flexibility index (Phi) is 12.9. The van der Waals surface area contributed by atoms with Crippen molar-refractivity contribution in [2.45, 2.75) is 75.5 Å². The van der Waals surface area contributed by atoms with Crippen LogP contribution in [0.3, 0.4) is 0 Å². The summed E-state index contributed by atoms with van der Waals surface area (Å²) in [5, 5.41) is 23.7. The topological polar surface area (TPSA) is 197 Å². The van der Waals surface area contributed by atoms with E-state index in [1.807, 2.05) is 12.1 Å². The lowest BCUT2D eigenvalue weighted by atomic mass is 10.0. The Balaban J connectivity index is 1.16. The van der Waals surface area contributed by atoms with Crippen molar-refractivity contribution >= 4 is 52.9 Å². The third-order valence-corrected chi connectivity index (χ3v) is 9.19. The standard InChI is InChI=1S/C35H40ClF3N8O6/c36-24-11-9-23(10-12-24)34(16-17-34)47-32-44-31(45-33(46-32)53-20-35(37,38)39)42-25-13-7-22(8-14-25)27(48)43-26(30(51)52)15-18-40-28(49)29(50)41-19-21-5-3-1-2-4-6-21/h7-14,21,26H,1-6,15-20H2,(H,40,49)(H,41,50)(H,43,48)(H,51,52)(H2,42,44,45,46,47)/t26-/m0/s1. The molecule has 0 bridgehead atoms. The summed E-state index contributed by atoms with van der Waals surface area (Å²) in [5.41, 5.74) is 0.770. The van der Waals surface area contributed by atoms with E-state index in [9.17, 15) is 37.5 Å². The third-order valence-electron chi connectivity index (χ3n) is 8.94. The number of halogens is 4. The Bertz CT molecular complexity index is 1750. The van der Waals surface area contributed by atoms with Gasteiger partial charge in [-0.1, -0.05) is 49.4 Å². The smallest absolute Gasteiger partial charge is 0.422 e. The molecule has 3 aromatic rings. The summed E-state index contributed by atoms with van der Waals surface area (Å²) in [6.07, 6.45) is 3.11. The Morgan fingerprint density at radius 3 is 2.15 bits per heavy atom. The number of hydrogen-bond acceptors (Lipinski definition) is 10. The van der Waals surface area contributed by atoms with Crippen LogP contribution < -0.4 is 31.3 Å². The van der Waals surface area contributed by atoms with Crippen molar-refractivity contribution in [2.75, 3.05) is 30.3 Å². The van der Waals surface area contributed by atoms with Gasteiger partial charge in [-0.2, -0.15) is 28.1 Å². The Hall–Kier alpha value is -5.19. The summed E-state index contributed by atoms with van der Waals surface area (Å²) in [5.74, 6) is -3.59. The number of alkyl halides is 3. The third kappa shape index (κ3) is 11.9. The minimum Gasteiger partial charge on any atom is -0.480 e. The molecule has 1 heterocycles. The number of carbonyl (C=O) groups is 4. The lowest BCUT2D eigenvalue weighted by Crippen LogP contribution is -2.45. The Morgan fingerprint density at radius 2 is 1.53 bits per heavy atom. The van der Waals surface area contributed by atoms with Gasteiger partial charge in [-0.25, -0.2) is 4.79 Å². The van der Waals surface area contributed by atoms with E-state index in [1.54, 1.807) is 12.1 Å². The number of amides is 3. The SMILES string of the molecule is O=C(NCC[C@H](NC(=O)c1ccc(Nc2nc(NC3(c4ccc(Cl)cc4)CC3)nc(OCC(F)(F)F)n2)cc1)C(=O)O)C(=O)NCC1CCCCCC1. The molecule has 0 spiro atoms. The molecule has 2 aliphatic carbocycles. The van der Waals surface area contributed by atoms with Crippen LogP contribution in [-0.4, -0.2) is 75.7 Å². The van der Waals surface area contributed by atoms with Crippen LogP contribution in [-0.2, 0) is 19.9 Å². The first-order chi connectivity index (χ1) is 25.3. The van der Waals surface area contributed by atoms with Crippen LogP contribution in [0.25, 0.3) is 0 Å². The van der Waals surface area contributed by atoms with Crippen molar-refractivity contribution in [1.82, 2.24) is 30.9 Å². The molecule has 284 valence electrons. The fourth-order valence-electron chi connectivity index (χ4n) is 5.90. The van der Waals surface area contributed by atoms with E-state index in [-0.39, 0.29) is 30.4 Å². The molecule has 1 aromatic heterocycles.